The third-order valence-corrected chi connectivity index (χ3v) is 3.64. The van der Waals surface area contributed by atoms with E-state index in [4.69, 9.17) is 15.0 Å². The van der Waals surface area contributed by atoms with Crippen molar-refractivity contribution < 1.29 is 14.1 Å². The van der Waals surface area contributed by atoms with Gasteiger partial charge in [-0.1, -0.05) is 47.6 Å². The van der Waals surface area contributed by atoms with Gasteiger partial charge in [-0.15, -0.1) is 0 Å². The van der Waals surface area contributed by atoms with E-state index in [0.29, 0.717) is 5.69 Å². The number of nitrogen functional groups attached to an aromatic ring is 1. The number of hydrogen-bond acceptors (Lipinski definition) is 5. The van der Waals surface area contributed by atoms with Crippen LogP contribution in [0.15, 0.2) is 47.0 Å². The lowest BCUT2D eigenvalue weighted by Gasteiger charge is -2.15. The summed E-state index contributed by atoms with van der Waals surface area (Å²) in [5, 5.41) is 5.82. The van der Waals surface area contributed by atoms with Gasteiger partial charge in [-0.3, -0.25) is 0 Å². The summed E-state index contributed by atoms with van der Waals surface area (Å²) in [4.78, 5) is 12.3. The molecule has 5 nitrogen and oxygen atoms in total. The van der Waals surface area contributed by atoms with Crippen LogP contribution in [0.25, 0.3) is 10.8 Å². The van der Waals surface area contributed by atoms with E-state index in [2.05, 4.69) is 5.16 Å². The number of esters is 1. The Morgan fingerprint density at radius 2 is 1.95 bits per heavy atom. The number of rotatable bonds is 3. The molecule has 3 aromatic rings. The third kappa shape index (κ3) is 2.41. The van der Waals surface area contributed by atoms with Gasteiger partial charge in [0.1, 0.15) is 11.7 Å². The summed E-state index contributed by atoms with van der Waals surface area (Å²) in [5.74, 6) is -0.552. The molecule has 0 fully saturated rings. The van der Waals surface area contributed by atoms with Crippen LogP contribution in [0, 0.1) is 6.92 Å². The van der Waals surface area contributed by atoms with Crippen LogP contribution < -0.4 is 5.73 Å². The number of carbonyl (C=O) groups is 1. The van der Waals surface area contributed by atoms with Crippen LogP contribution in [0.4, 0.5) is 5.88 Å². The Kier molecular flexibility index (Phi) is 3.55. The van der Waals surface area contributed by atoms with Crippen LogP contribution in [-0.4, -0.2) is 11.1 Å². The molecule has 0 amide bonds. The molecule has 1 aromatic heterocycles. The number of nitrogens with two attached hydrogens (primary N) is 1. The summed E-state index contributed by atoms with van der Waals surface area (Å²) in [6, 6.07) is 13.9. The minimum Gasteiger partial charge on any atom is -0.454 e. The molecule has 0 aliphatic heterocycles. The first-order chi connectivity index (χ1) is 10.6. The quantitative estimate of drug-likeness (QED) is 0.746. The topological polar surface area (TPSA) is 78.4 Å². The summed E-state index contributed by atoms with van der Waals surface area (Å²) in [6.07, 6.45) is -0.410. The van der Waals surface area contributed by atoms with E-state index in [9.17, 15) is 4.79 Å². The van der Waals surface area contributed by atoms with Crippen molar-refractivity contribution >= 4 is 22.6 Å². The molecule has 0 aliphatic carbocycles. The predicted octanol–water partition coefficient (Wildman–Crippen LogP) is 3.64. The van der Waals surface area contributed by atoms with Crippen molar-refractivity contribution in [1.82, 2.24) is 5.16 Å². The van der Waals surface area contributed by atoms with E-state index >= 15 is 0 Å². The van der Waals surface area contributed by atoms with E-state index in [1.54, 1.807) is 6.92 Å². The van der Waals surface area contributed by atoms with Crippen molar-refractivity contribution in [2.45, 2.75) is 20.0 Å². The number of benzene rings is 2. The first-order valence-electron chi connectivity index (χ1n) is 6.98. The van der Waals surface area contributed by atoms with E-state index in [-0.39, 0.29) is 11.4 Å². The van der Waals surface area contributed by atoms with Crippen molar-refractivity contribution in [2.24, 2.45) is 0 Å². The Morgan fingerprint density at radius 3 is 2.68 bits per heavy atom. The average molecular weight is 296 g/mol. The number of anilines is 1. The highest BCUT2D eigenvalue weighted by Crippen LogP contribution is 2.28. The number of aromatic nitrogens is 1. The van der Waals surface area contributed by atoms with Crippen LogP contribution in [0.5, 0.6) is 0 Å². The molecule has 0 bridgehead atoms. The van der Waals surface area contributed by atoms with Gasteiger partial charge in [-0.2, -0.15) is 0 Å². The monoisotopic (exact) mass is 296 g/mol. The number of hydrogen-bond donors (Lipinski definition) is 1. The molecular weight excluding hydrogens is 280 g/mol. The van der Waals surface area contributed by atoms with Gasteiger partial charge in [-0.05, 0) is 30.2 Å². The van der Waals surface area contributed by atoms with Gasteiger partial charge >= 0.3 is 5.97 Å². The first-order valence-corrected chi connectivity index (χ1v) is 6.98. The van der Waals surface area contributed by atoms with Crippen LogP contribution in [-0.2, 0) is 4.74 Å². The summed E-state index contributed by atoms with van der Waals surface area (Å²) in [5.41, 5.74) is 7.17. The normalized spacial score (nSPS) is 12.3. The van der Waals surface area contributed by atoms with Gasteiger partial charge < -0.3 is 15.0 Å². The molecule has 0 saturated carbocycles. The van der Waals surface area contributed by atoms with Crippen molar-refractivity contribution in [3.8, 4) is 0 Å². The summed E-state index contributed by atoms with van der Waals surface area (Å²) >= 11 is 0. The maximum absolute atomic E-state index is 12.3. The Hall–Kier alpha value is -2.82. The molecule has 0 saturated heterocycles. The number of aryl methyl sites for hydroxylation is 1. The zero-order valence-electron chi connectivity index (χ0n) is 12.4. The molecule has 1 atom stereocenters. The number of carbonyl (C=O) groups excluding carboxylic acids is 1. The van der Waals surface area contributed by atoms with Crippen LogP contribution in [0.2, 0.25) is 0 Å². The van der Waals surface area contributed by atoms with Crippen molar-refractivity contribution in [3.63, 3.8) is 0 Å². The van der Waals surface area contributed by atoms with Crippen molar-refractivity contribution in [3.05, 3.63) is 59.3 Å². The average Bonchev–Trinajstić information content (AvgIpc) is 2.85. The van der Waals surface area contributed by atoms with Crippen molar-refractivity contribution in [1.29, 1.82) is 0 Å². The maximum atomic E-state index is 12.3. The summed E-state index contributed by atoms with van der Waals surface area (Å²) in [6.45, 7) is 3.48. The zero-order valence-corrected chi connectivity index (χ0v) is 12.4. The third-order valence-electron chi connectivity index (χ3n) is 3.64. The molecule has 112 valence electrons. The second kappa shape index (κ2) is 5.52. The smallest absolute Gasteiger partial charge is 0.346 e. The van der Waals surface area contributed by atoms with Gasteiger partial charge in [0, 0.05) is 0 Å². The van der Waals surface area contributed by atoms with Crippen LogP contribution in [0.3, 0.4) is 0 Å². The number of nitrogens with zero attached hydrogens (tertiary/aromatic N) is 1. The van der Waals surface area contributed by atoms with Gasteiger partial charge in [0.25, 0.3) is 0 Å². The second-order valence-electron chi connectivity index (χ2n) is 5.12. The number of fused-ring (bicyclic) bond motifs is 1. The Morgan fingerprint density at radius 1 is 1.23 bits per heavy atom. The molecular formula is C17H16N2O3. The first kappa shape index (κ1) is 14.1. The molecule has 2 N–H and O–H groups in total. The Labute approximate surface area is 127 Å². The largest absolute Gasteiger partial charge is 0.454 e. The van der Waals surface area contributed by atoms with Crippen molar-refractivity contribution in [2.75, 3.05) is 5.73 Å². The Bertz CT molecular complexity index is 814. The van der Waals surface area contributed by atoms with E-state index in [0.717, 1.165) is 16.3 Å². The summed E-state index contributed by atoms with van der Waals surface area (Å²) in [7, 11) is 0. The van der Waals surface area contributed by atoms with Gasteiger partial charge in [0.2, 0.25) is 5.88 Å². The minimum atomic E-state index is -0.531. The van der Waals surface area contributed by atoms with Gasteiger partial charge in [-0.25, -0.2) is 4.79 Å². The van der Waals surface area contributed by atoms with E-state index in [1.165, 1.54) is 0 Å². The lowest BCUT2D eigenvalue weighted by atomic mass is 10.0. The van der Waals surface area contributed by atoms with Crippen LogP contribution >= 0.6 is 0 Å². The molecule has 3 rings (SSSR count). The molecule has 0 spiro atoms. The number of ether oxygens (including phenoxy) is 1. The minimum absolute atomic E-state index is 0.0207. The molecule has 1 heterocycles. The SMILES string of the molecule is Cc1noc(N)c1C(=O)OC(C)c1cccc2ccccc12. The highest BCUT2D eigenvalue weighted by Gasteiger charge is 2.23. The highest BCUT2D eigenvalue weighted by atomic mass is 16.5. The Balaban J connectivity index is 1.91. The van der Waals surface area contributed by atoms with Gasteiger partial charge in [0.05, 0.1) is 5.69 Å². The van der Waals surface area contributed by atoms with E-state index < -0.39 is 12.1 Å². The second-order valence-corrected chi connectivity index (χ2v) is 5.12. The maximum Gasteiger partial charge on any atom is 0.346 e. The lowest BCUT2D eigenvalue weighted by molar-refractivity contribution is 0.0341. The predicted molar refractivity (Wildman–Crippen MR) is 83.4 cm³/mol. The molecule has 1 unspecified atom stereocenters. The summed E-state index contributed by atoms with van der Waals surface area (Å²) < 4.78 is 10.3. The zero-order chi connectivity index (χ0) is 15.7. The molecule has 0 radical (unpaired) electrons. The van der Waals surface area contributed by atoms with Gasteiger partial charge in [0.15, 0.2) is 0 Å². The fraction of sp³-hybridized carbons (Fsp3) is 0.176. The van der Waals surface area contributed by atoms with Crippen LogP contribution in [0.1, 0.15) is 34.6 Å². The standard InChI is InChI=1S/C17H16N2O3/c1-10-15(16(18)22-19-10)17(20)21-11(2)13-9-5-7-12-6-3-4-8-14(12)13/h3-9,11H,18H2,1-2H3. The molecule has 0 aliphatic rings. The lowest BCUT2D eigenvalue weighted by Crippen LogP contribution is -2.11. The fourth-order valence-electron chi connectivity index (χ4n) is 2.52. The van der Waals surface area contributed by atoms with E-state index in [1.807, 2.05) is 49.4 Å². The molecule has 2 aromatic carbocycles. The highest BCUT2D eigenvalue weighted by molar-refractivity contribution is 5.95. The fourth-order valence-corrected chi connectivity index (χ4v) is 2.52. The molecule has 5 heteroatoms. The molecule has 22 heavy (non-hydrogen) atoms.